The van der Waals surface area contributed by atoms with Gasteiger partial charge >= 0.3 is 0 Å². The Morgan fingerprint density at radius 2 is 2.07 bits per heavy atom. The van der Waals surface area contributed by atoms with E-state index in [1.807, 2.05) is 37.3 Å². The van der Waals surface area contributed by atoms with Gasteiger partial charge in [0.15, 0.2) is 0 Å². The molecule has 0 aliphatic heterocycles. The fourth-order valence-electron chi connectivity index (χ4n) is 1.05. The van der Waals surface area contributed by atoms with Gasteiger partial charge in [-0.2, -0.15) is 5.26 Å². The molecule has 0 bridgehead atoms. The molecule has 0 heterocycles. The van der Waals surface area contributed by atoms with Crippen molar-refractivity contribution in [1.82, 2.24) is 0 Å². The molecule has 0 fully saturated rings. The summed E-state index contributed by atoms with van der Waals surface area (Å²) < 4.78 is -0.183. The van der Waals surface area contributed by atoms with Crippen LogP contribution < -0.4 is 0 Å². The van der Waals surface area contributed by atoms with Crippen LogP contribution in [0.5, 0.6) is 0 Å². The average Bonchev–Trinajstić information content (AvgIpc) is 2.20. The summed E-state index contributed by atoms with van der Waals surface area (Å²) in [5, 5.41) is 8.69. The molecule has 0 spiro atoms. The molecule has 1 aromatic carbocycles. The maximum atomic E-state index is 8.69. The van der Waals surface area contributed by atoms with Crippen molar-refractivity contribution in [3.8, 4) is 6.07 Å². The molecule has 0 aliphatic carbocycles. The van der Waals surface area contributed by atoms with Crippen molar-refractivity contribution in [2.45, 2.75) is 23.0 Å². The van der Waals surface area contributed by atoms with Crippen LogP contribution in [0.3, 0.4) is 0 Å². The topological polar surface area (TPSA) is 23.8 Å². The number of nitrogens with zero attached hydrogens (tertiary/aromatic N) is 1. The molecular weight excluding hydrogens is 214 g/mol. The minimum atomic E-state index is -0.183. The largest absolute Gasteiger partial charge is 0.198 e. The van der Waals surface area contributed by atoms with Crippen LogP contribution in [0.25, 0.3) is 0 Å². The van der Waals surface area contributed by atoms with Crippen molar-refractivity contribution >= 4 is 23.4 Å². The maximum absolute atomic E-state index is 8.69. The van der Waals surface area contributed by atoms with E-state index in [1.165, 1.54) is 0 Å². The Bertz CT molecular complexity index is 320. The third-order valence-electron chi connectivity index (χ3n) is 1.84. The third-order valence-corrected chi connectivity index (χ3v) is 3.88. The van der Waals surface area contributed by atoms with Gasteiger partial charge in [0.2, 0.25) is 0 Å². The number of alkyl halides is 1. The van der Waals surface area contributed by atoms with Crippen molar-refractivity contribution in [3.05, 3.63) is 30.3 Å². The number of rotatable bonds is 4. The van der Waals surface area contributed by atoms with Crippen molar-refractivity contribution in [1.29, 1.82) is 5.26 Å². The van der Waals surface area contributed by atoms with Crippen LogP contribution in [0, 0.1) is 11.3 Å². The van der Waals surface area contributed by atoms with Crippen molar-refractivity contribution < 1.29 is 0 Å². The lowest BCUT2D eigenvalue weighted by molar-refractivity contribution is 0.741. The van der Waals surface area contributed by atoms with Crippen LogP contribution in [0.4, 0.5) is 0 Å². The number of hydrogen-bond acceptors (Lipinski definition) is 2. The van der Waals surface area contributed by atoms with Crippen LogP contribution in [0.1, 0.15) is 13.3 Å². The monoisotopic (exact) mass is 225 g/mol. The van der Waals surface area contributed by atoms with Crippen LogP contribution in [-0.4, -0.2) is 10.6 Å². The summed E-state index contributed by atoms with van der Waals surface area (Å²) in [5.41, 5.74) is 0. The zero-order valence-electron chi connectivity index (χ0n) is 8.03. The van der Waals surface area contributed by atoms with E-state index in [-0.39, 0.29) is 4.75 Å². The summed E-state index contributed by atoms with van der Waals surface area (Å²) >= 11 is 7.53. The molecule has 0 saturated heterocycles. The van der Waals surface area contributed by atoms with Gasteiger partial charge in [0.1, 0.15) is 0 Å². The molecule has 0 aliphatic rings. The summed E-state index contributed by atoms with van der Waals surface area (Å²) in [6.45, 7) is 2.01. The zero-order chi connectivity index (χ0) is 10.4. The Morgan fingerprint density at radius 1 is 1.43 bits per heavy atom. The molecule has 1 nitrogen and oxygen atoms in total. The Hall–Kier alpha value is -0.650. The van der Waals surface area contributed by atoms with Gasteiger partial charge in [-0.1, -0.05) is 18.2 Å². The van der Waals surface area contributed by atoms with Gasteiger partial charge in [-0.15, -0.1) is 23.4 Å². The van der Waals surface area contributed by atoms with E-state index in [9.17, 15) is 0 Å². The Balaban J connectivity index is 2.71. The van der Waals surface area contributed by atoms with Crippen LogP contribution in [0.2, 0.25) is 0 Å². The highest BCUT2D eigenvalue weighted by molar-refractivity contribution is 8.00. The minimum Gasteiger partial charge on any atom is -0.198 e. The average molecular weight is 226 g/mol. The summed E-state index contributed by atoms with van der Waals surface area (Å²) in [5.74, 6) is 0.486. The van der Waals surface area contributed by atoms with Crippen molar-refractivity contribution in [3.63, 3.8) is 0 Å². The van der Waals surface area contributed by atoms with Crippen molar-refractivity contribution in [2.24, 2.45) is 0 Å². The number of halogens is 1. The lowest BCUT2D eigenvalue weighted by Gasteiger charge is -2.23. The van der Waals surface area contributed by atoms with Crippen molar-refractivity contribution in [2.75, 3.05) is 5.88 Å². The third kappa shape index (κ3) is 3.25. The molecule has 0 aromatic heterocycles. The molecule has 1 unspecified atom stereocenters. The van der Waals surface area contributed by atoms with Gasteiger partial charge in [0.25, 0.3) is 0 Å². The number of hydrogen-bond donors (Lipinski definition) is 0. The molecule has 0 amide bonds. The van der Waals surface area contributed by atoms with E-state index in [0.717, 1.165) is 4.90 Å². The van der Waals surface area contributed by atoms with E-state index in [1.54, 1.807) is 11.8 Å². The second-order valence-corrected chi connectivity index (χ2v) is 5.26. The van der Waals surface area contributed by atoms with Crippen LogP contribution in [-0.2, 0) is 0 Å². The quantitative estimate of drug-likeness (QED) is 0.577. The van der Waals surface area contributed by atoms with Gasteiger partial charge < -0.3 is 0 Å². The predicted octanol–water partition coefficient (Wildman–Crippen LogP) is 3.69. The van der Waals surface area contributed by atoms with E-state index >= 15 is 0 Å². The molecule has 3 heteroatoms. The van der Waals surface area contributed by atoms with Crippen LogP contribution >= 0.6 is 23.4 Å². The lowest BCUT2D eigenvalue weighted by Crippen LogP contribution is -2.21. The highest BCUT2D eigenvalue weighted by Crippen LogP contribution is 2.35. The fourth-order valence-corrected chi connectivity index (χ4v) is 2.36. The minimum absolute atomic E-state index is 0.183. The first-order valence-corrected chi connectivity index (χ1v) is 5.72. The van der Waals surface area contributed by atoms with E-state index in [2.05, 4.69) is 6.07 Å². The fraction of sp³-hybridized carbons (Fsp3) is 0.364. The standard InChI is InChI=1S/C11H12ClNS/c1-11(9-12,7-8-13)14-10-5-3-2-4-6-10/h2-6H,7,9H2,1H3. The number of nitriles is 1. The molecule has 1 rings (SSSR count). The molecule has 14 heavy (non-hydrogen) atoms. The zero-order valence-corrected chi connectivity index (χ0v) is 9.61. The van der Waals surface area contributed by atoms with Gasteiger partial charge in [-0.25, -0.2) is 0 Å². The molecular formula is C11H12ClNS. The molecule has 0 radical (unpaired) electrons. The summed E-state index contributed by atoms with van der Waals surface area (Å²) in [6.07, 6.45) is 0.468. The normalized spacial score (nSPS) is 14.4. The Kier molecular flexibility index (Phi) is 4.31. The van der Waals surface area contributed by atoms with Crippen LogP contribution in [0.15, 0.2) is 35.2 Å². The number of benzene rings is 1. The van der Waals surface area contributed by atoms with Gasteiger partial charge in [0, 0.05) is 15.5 Å². The maximum Gasteiger partial charge on any atom is 0.0636 e. The lowest BCUT2D eigenvalue weighted by atomic mass is 10.1. The Morgan fingerprint density at radius 3 is 2.57 bits per heavy atom. The molecule has 0 N–H and O–H groups in total. The van der Waals surface area contributed by atoms with E-state index < -0.39 is 0 Å². The smallest absolute Gasteiger partial charge is 0.0636 e. The molecule has 1 atom stereocenters. The first-order chi connectivity index (χ1) is 6.70. The van der Waals surface area contributed by atoms with E-state index in [4.69, 9.17) is 16.9 Å². The van der Waals surface area contributed by atoms with Gasteiger partial charge in [0.05, 0.1) is 12.5 Å². The molecule has 0 saturated carbocycles. The second-order valence-electron chi connectivity index (χ2n) is 3.33. The molecule has 74 valence electrons. The first kappa shape index (κ1) is 11.4. The predicted molar refractivity (Wildman–Crippen MR) is 61.7 cm³/mol. The second kappa shape index (κ2) is 5.29. The number of thioether (sulfide) groups is 1. The highest BCUT2D eigenvalue weighted by atomic mass is 35.5. The Labute approximate surface area is 94.1 Å². The summed E-state index contributed by atoms with van der Waals surface area (Å²) in [4.78, 5) is 1.16. The van der Waals surface area contributed by atoms with Gasteiger partial charge in [-0.05, 0) is 19.1 Å². The SMILES string of the molecule is CC(CCl)(CC#N)Sc1ccccc1. The molecule has 1 aromatic rings. The highest BCUT2D eigenvalue weighted by Gasteiger charge is 2.24. The summed E-state index contributed by atoms with van der Waals surface area (Å²) in [6, 6.07) is 12.2. The van der Waals surface area contributed by atoms with Gasteiger partial charge in [-0.3, -0.25) is 0 Å². The first-order valence-electron chi connectivity index (χ1n) is 4.37. The summed E-state index contributed by atoms with van der Waals surface area (Å²) in [7, 11) is 0. The van der Waals surface area contributed by atoms with E-state index in [0.29, 0.717) is 12.3 Å².